The van der Waals surface area contributed by atoms with Gasteiger partial charge in [-0.2, -0.15) is 0 Å². The van der Waals surface area contributed by atoms with E-state index in [-0.39, 0.29) is 29.2 Å². The standard InChI is InChI=1S/C24H27N7O7S/c1-3-18(32)25-10-13-11-26-23(39-13)14-5-4-6-15(20(14)38-2)27-16-9-17(28-21(33)12-7-8-12)30-31-19(16)22(34)29-24(35,36)37/h4-6,9,11-12,35-37H,3,7-8,10H2,1-2H3,(H,25,32)(H,29,34)(H2,27,28,30,33). The number of aromatic nitrogens is 3. The van der Waals surface area contributed by atoms with Gasteiger partial charge in [-0.3, -0.25) is 19.7 Å². The summed E-state index contributed by atoms with van der Waals surface area (Å²) in [6, 6.07) is 6.52. The third kappa shape index (κ3) is 7.23. The molecule has 14 nitrogen and oxygen atoms in total. The van der Waals surface area contributed by atoms with E-state index in [0.717, 1.165) is 17.7 Å². The molecule has 2 aromatic heterocycles. The first kappa shape index (κ1) is 27.8. The molecule has 3 aromatic rings. The smallest absolute Gasteiger partial charge is 0.369 e. The Balaban J connectivity index is 1.66. The third-order valence-corrected chi connectivity index (χ3v) is 6.57. The van der Waals surface area contributed by atoms with E-state index in [9.17, 15) is 29.7 Å². The minimum Gasteiger partial charge on any atom is -0.494 e. The number of anilines is 3. The van der Waals surface area contributed by atoms with E-state index >= 15 is 0 Å². The summed E-state index contributed by atoms with van der Waals surface area (Å²) < 4.78 is 5.65. The van der Waals surface area contributed by atoms with Gasteiger partial charge in [0.15, 0.2) is 17.3 Å². The van der Waals surface area contributed by atoms with Crippen molar-refractivity contribution in [2.45, 2.75) is 38.8 Å². The quantitative estimate of drug-likeness (QED) is 0.166. The van der Waals surface area contributed by atoms with Crippen LogP contribution in [0.1, 0.15) is 41.6 Å². The normalized spacial score (nSPS) is 12.9. The van der Waals surface area contributed by atoms with E-state index in [1.165, 1.54) is 24.5 Å². The zero-order valence-electron chi connectivity index (χ0n) is 21.0. The molecule has 0 spiro atoms. The van der Waals surface area contributed by atoms with Crippen molar-refractivity contribution in [2.75, 3.05) is 17.7 Å². The Bertz CT molecular complexity index is 1390. The Labute approximate surface area is 226 Å². The lowest BCUT2D eigenvalue weighted by atomic mass is 10.1. The maximum atomic E-state index is 12.6. The zero-order chi connectivity index (χ0) is 28.2. The number of aliphatic hydroxyl groups is 3. The van der Waals surface area contributed by atoms with Gasteiger partial charge in [0.2, 0.25) is 11.8 Å². The highest BCUT2D eigenvalue weighted by atomic mass is 32.1. The number of rotatable bonds is 11. The Kier molecular flexibility index (Phi) is 8.35. The van der Waals surface area contributed by atoms with Gasteiger partial charge in [0.1, 0.15) is 5.01 Å². The van der Waals surface area contributed by atoms with Crippen LogP contribution in [0.25, 0.3) is 10.6 Å². The van der Waals surface area contributed by atoms with E-state index in [2.05, 4.69) is 31.1 Å². The summed E-state index contributed by atoms with van der Waals surface area (Å²) in [4.78, 5) is 41.7. The summed E-state index contributed by atoms with van der Waals surface area (Å²) in [5.74, 6) is -1.16. The van der Waals surface area contributed by atoms with Crippen LogP contribution in [0.2, 0.25) is 0 Å². The number of hydrogen-bond donors (Lipinski definition) is 7. The fourth-order valence-corrected chi connectivity index (χ4v) is 4.37. The predicted molar refractivity (Wildman–Crippen MR) is 140 cm³/mol. The molecular formula is C24H27N7O7S. The van der Waals surface area contributed by atoms with Crippen molar-refractivity contribution in [3.63, 3.8) is 0 Å². The first-order valence-electron chi connectivity index (χ1n) is 11.9. The largest absolute Gasteiger partial charge is 0.494 e. The fourth-order valence-electron chi connectivity index (χ4n) is 3.49. The van der Waals surface area contributed by atoms with Crippen molar-refractivity contribution < 1.29 is 34.4 Å². The topological polar surface area (TPSA) is 208 Å². The Morgan fingerprint density at radius 1 is 1.15 bits per heavy atom. The molecule has 4 rings (SSSR count). The minimum absolute atomic E-state index is 0.0235. The monoisotopic (exact) mass is 557 g/mol. The molecule has 3 amide bonds. The molecule has 206 valence electrons. The van der Waals surface area contributed by atoms with Gasteiger partial charge in [-0.25, -0.2) is 4.98 Å². The van der Waals surface area contributed by atoms with Crippen LogP contribution in [0, 0.1) is 5.92 Å². The second-order valence-corrected chi connectivity index (χ2v) is 9.73. The highest BCUT2D eigenvalue weighted by molar-refractivity contribution is 7.15. The van der Waals surface area contributed by atoms with Crippen LogP contribution < -0.4 is 26.0 Å². The minimum atomic E-state index is -3.49. The summed E-state index contributed by atoms with van der Waals surface area (Å²) in [5, 5.41) is 45.9. The van der Waals surface area contributed by atoms with Crippen molar-refractivity contribution in [1.82, 2.24) is 25.8 Å². The lowest BCUT2D eigenvalue weighted by Gasteiger charge is -2.18. The molecule has 0 unspecified atom stereocenters. The third-order valence-electron chi connectivity index (χ3n) is 5.54. The average molecular weight is 558 g/mol. The number of nitrogens with zero attached hydrogens (tertiary/aromatic N) is 3. The van der Waals surface area contributed by atoms with Crippen molar-refractivity contribution in [2.24, 2.45) is 5.92 Å². The Morgan fingerprint density at radius 2 is 1.92 bits per heavy atom. The first-order chi connectivity index (χ1) is 18.6. The zero-order valence-corrected chi connectivity index (χ0v) is 21.8. The summed E-state index contributed by atoms with van der Waals surface area (Å²) in [6.45, 7) is 2.10. The van der Waals surface area contributed by atoms with Crippen molar-refractivity contribution in [3.8, 4) is 16.3 Å². The summed E-state index contributed by atoms with van der Waals surface area (Å²) >= 11 is 1.36. The highest BCUT2D eigenvalue weighted by Gasteiger charge is 2.31. The molecule has 1 saturated carbocycles. The van der Waals surface area contributed by atoms with Crippen LogP contribution in [0.3, 0.4) is 0 Å². The number of ether oxygens (including phenoxy) is 1. The van der Waals surface area contributed by atoms with Gasteiger partial charge in [0, 0.05) is 29.5 Å². The SMILES string of the molecule is CCC(=O)NCc1cnc(-c2cccc(Nc3cc(NC(=O)C4CC4)nnc3C(=O)NC(O)(O)O)c2OC)s1. The van der Waals surface area contributed by atoms with Crippen molar-refractivity contribution in [3.05, 3.63) is 41.0 Å². The van der Waals surface area contributed by atoms with Crippen LogP contribution >= 0.6 is 11.3 Å². The number of benzene rings is 1. The summed E-state index contributed by atoms with van der Waals surface area (Å²) in [6.07, 6.45) is 0.0722. The number of para-hydroxylation sites is 1. The van der Waals surface area contributed by atoms with Crippen molar-refractivity contribution in [1.29, 1.82) is 0 Å². The lowest BCUT2D eigenvalue weighted by Crippen LogP contribution is -2.48. The number of carbonyl (C=O) groups excluding carboxylic acids is 3. The average Bonchev–Trinajstić information content (AvgIpc) is 3.64. The number of hydrogen-bond acceptors (Lipinski definition) is 12. The second-order valence-electron chi connectivity index (χ2n) is 8.62. The molecule has 7 N–H and O–H groups in total. The van der Waals surface area contributed by atoms with E-state index in [4.69, 9.17) is 4.74 Å². The van der Waals surface area contributed by atoms with E-state index in [0.29, 0.717) is 35.0 Å². The molecule has 0 atom stereocenters. The van der Waals surface area contributed by atoms with Crippen LogP contribution in [-0.4, -0.2) is 61.4 Å². The van der Waals surface area contributed by atoms with E-state index < -0.39 is 17.7 Å². The van der Waals surface area contributed by atoms with Crippen LogP contribution in [-0.2, 0) is 16.1 Å². The molecular weight excluding hydrogens is 530 g/mol. The summed E-state index contributed by atoms with van der Waals surface area (Å²) in [5.41, 5.74) is 0.624. The molecule has 1 aliphatic rings. The van der Waals surface area contributed by atoms with Crippen LogP contribution in [0.4, 0.5) is 17.2 Å². The fraction of sp³-hybridized carbons (Fsp3) is 0.333. The molecule has 0 aliphatic heterocycles. The maximum Gasteiger partial charge on any atom is 0.369 e. The molecule has 2 heterocycles. The molecule has 15 heteroatoms. The van der Waals surface area contributed by atoms with Gasteiger partial charge < -0.3 is 36.0 Å². The number of thiazole rings is 1. The molecule has 0 saturated heterocycles. The molecule has 0 bridgehead atoms. The number of amides is 3. The van der Waals surface area contributed by atoms with Gasteiger partial charge in [-0.05, 0) is 25.0 Å². The van der Waals surface area contributed by atoms with Gasteiger partial charge >= 0.3 is 6.10 Å². The van der Waals surface area contributed by atoms with Crippen LogP contribution in [0.5, 0.6) is 5.75 Å². The maximum absolute atomic E-state index is 12.6. The predicted octanol–water partition coefficient (Wildman–Crippen LogP) is 1.04. The van der Waals surface area contributed by atoms with Gasteiger partial charge in [-0.15, -0.1) is 21.5 Å². The number of carbonyl (C=O) groups is 3. The van der Waals surface area contributed by atoms with Gasteiger partial charge in [0.05, 0.1) is 30.6 Å². The van der Waals surface area contributed by atoms with E-state index in [1.54, 1.807) is 36.6 Å². The number of nitrogens with one attached hydrogen (secondary N) is 4. The first-order valence-corrected chi connectivity index (χ1v) is 12.7. The second kappa shape index (κ2) is 11.7. The summed E-state index contributed by atoms with van der Waals surface area (Å²) in [7, 11) is 1.46. The van der Waals surface area contributed by atoms with Crippen LogP contribution in [0.15, 0.2) is 30.5 Å². The van der Waals surface area contributed by atoms with E-state index in [1.807, 2.05) is 0 Å². The van der Waals surface area contributed by atoms with Gasteiger partial charge in [0.25, 0.3) is 5.91 Å². The molecule has 1 aliphatic carbocycles. The Morgan fingerprint density at radius 3 is 2.59 bits per heavy atom. The molecule has 1 fully saturated rings. The molecule has 0 radical (unpaired) electrons. The highest BCUT2D eigenvalue weighted by Crippen LogP contribution is 2.40. The van der Waals surface area contributed by atoms with Crippen molar-refractivity contribution >= 4 is 46.3 Å². The lowest BCUT2D eigenvalue weighted by molar-refractivity contribution is -0.323. The number of methoxy groups -OCH3 is 1. The van der Waals surface area contributed by atoms with Gasteiger partial charge in [-0.1, -0.05) is 13.0 Å². The molecule has 39 heavy (non-hydrogen) atoms. The Hall–Kier alpha value is -4.18. The molecule has 1 aromatic carbocycles.